The number of benzene rings is 1. The number of morpholine rings is 1. The molecule has 0 spiro atoms. The maximum Gasteiger partial charge on any atom is 0.317 e. The van der Waals surface area contributed by atoms with Gasteiger partial charge in [-0.3, -0.25) is 4.90 Å². The van der Waals surface area contributed by atoms with Crippen LogP contribution in [0.3, 0.4) is 0 Å². The van der Waals surface area contributed by atoms with Crippen molar-refractivity contribution in [1.29, 1.82) is 0 Å². The molecule has 1 fully saturated rings. The summed E-state index contributed by atoms with van der Waals surface area (Å²) in [6.45, 7) is 9.86. The van der Waals surface area contributed by atoms with Crippen molar-refractivity contribution < 1.29 is 17.9 Å². The number of carbonyl (C=O) groups is 1. The summed E-state index contributed by atoms with van der Waals surface area (Å²) < 4.78 is 28.6. The maximum atomic E-state index is 12.6. The average Bonchev–Trinajstić information content (AvgIpc) is 2.65. The fourth-order valence-electron chi connectivity index (χ4n) is 3.09. The zero-order chi connectivity index (χ0) is 20.2. The third-order valence-electron chi connectivity index (χ3n) is 5.23. The van der Waals surface area contributed by atoms with E-state index < -0.39 is 9.84 Å². The number of nitrogens with zero attached hydrogens (tertiary/aromatic N) is 2. The summed E-state index contributed by atoms with van der Waals surface area (Å²) >= 11 is 0. The predicted octanol–water partition coefficient (Wildman–Crippen LogP) is 1.90. The molecular weight excluding hydrogens is 366 g/mol. The molecule has 1 heterocycles. The molecule has 0 bridgehead atoms. The standard InChI is InChI=1S/C19H31N3O4S/c1-15(16-6-8-17(9-7-16)27(5,24)25)21(4)18(23)20-14-19(2,3)22-10-12-26-13-11-22/h6-9,15H,10-14H2,1-5H3,(H,20,23)/t15-/m1/s1. The first-order valence-corrected chi connectivity index (χ1v) is 11.0. The second kappa shape index (κ2) is 8.58. The van der Waals surface area contributed by atoms with Crippen LogP contribution in [0.1, 0.15) is 32.4 Å². The fourth-order valence-corrected chi connectivity index (χ4v) is 3.72. The molecule has 1 atom stereocenters. The van der Waals surface area contributed by atoms with Gasteiger partial charge in [0, 0.05) is 38.5 Å². The Balaban J connectivity index is 1.95. The van der Waals surface area contributed by atoms with Gasteiger partial charge in [-0.2, -0.15) is 0 Å². The van der Waals surface area contributed by atoms with E-state index in [9.17, 15) is 13.2 Å². The second-order valence-electron chi connectivity index (χ2n) is 7.70. The van der Waals surface area contributed by atoms with Crippen LogP contribution in [-0.2, 0) is 14.6 Å². The minimum Gasteiger partial charge on any atom is -0.379 e. The first-order valence-electron chi connectivity index (χ1n) is 9.16. The Morgan fingerprint density at radius 2 is 1.81 bits per heavy atom. The topological polar surface area (TPSA) is 79.0 Å². The molecule has 1 aliphatic rings. The van der Waals surface area contributed by atoms with Gasteiger partial charge < -0.3 is 15.0 Å². The van der Waals surface area contributed by atoms with E-state index in [2.05, 4.69) is 24.1 Å². The van der Waals surface area contributed by atoms with Gasteiger partial charge in [0.15, 0.2) is 9.84 Å². The van der Waals surface area contributed by atoms with E-state index in [0.717, 1.165) is 31.9 Å². The number of rotatable bonds is 6. The molecule has 27 heavy (non-hydrogen) atoms. The van der Waals surface area contributed by atoms with Crippen molar-refractivity contribution in [3.63, 3.8) is 0 Å². The van der Waals surface area contributed by atoms with Crippen molar-refractivity contribution in [2.24, 2.45) is 0 Å². The number of carbonyl (C=O) groups excluding carboxylic acids is 1. The normalized spacial score (nSPS) is 17.4. The monoisotopic (exact) mass is 397 g/mol. The summed E-state index contributed by atoms with van der Waals surface area (Å²) in [6.07, 6.45) is 1.18. The van der Waals surface area contributed by atoms with Crippen LogP contribution in [0.2, 0.25) is 0 Å². The summed E-state index contributed by atoms with van der Waals surface area (Å²) in [7, 11) is -1.48. The van der Waals surface area contributed by atoms with Gasteiger partial charge >= 0.3 is 6.03 Å². The quantitative estimate of drug-likeness (QED) is 0.793. The lowest BCUT2D eigenvalue weighted by atomic mass is 10.0. The molecular formula is C19H31N3O4S. The lowest BCUT2D eigenvalue weighted by molar-refractivity contribution is -0.00906. The van der Waals surface area contributed by atoms with Gasteiger partial charge in [-0.1, -0.05) is 12.1 Å². The molecule has 0 aliphatic carbocycles. The zero-order valence-electron chi connectivity index (χ0n) is 16.9. The summed E-state index contributed by atoms with van der Waals surface area (Å²) in [6, 6.07) is 6.33. The van der Waals surface area contributed by atoms with Crippen molar-refractivity contribution >= 4 is 15.9 Å². The van der Waals surface area contributed by atoms with Gasteiger partial charge in [0.2, 0.25) is 0 Å². The van der Waals surface area contributed by atoms with Crippen LogP contribution in [0.15, 0.2) is 29.2 Å². The molecule has 0 aromatic heterocycles. The molecule has 1 N–H and O–H groups in total. The van der Waals surface area contributed by atoms with Crippen molar-refractivity contribution in [1.82, 2.24) is 15.1 Å². The molecule has 2 rings (SSSR count). The van der Waals surface area contributed by atoms with Crippen LogP contribution >= 0.6 is 0 Å². The van der Waals surface area contributed by atoms with E-state index >= 15 is 0 Å². The molecule has 1 aliphatic heterocycles. The molecule has 2 amide bonds. The smallest absolute Gasteiger partial charge is 0.317 e. The molecule has 0 radical (unpaired) electrons. The number of ether oxygens (including phenoxy) is 1. The third-order valence-corrected chi connectivity index (χ3v) is 6.36. The Labute approximate surface area is 162 Å². The van der Waals surface area contributed by atoms with Crippen LogP contribution in [0.5, 0.6) is 0 Å². The van der Waals surface area contributed by atoms with E-state index in [1.54, 1.807) is 36.2 Å². The van der Waals surface area contributed by atoms with E-state index in [-0.39, 0.29) is 22.5 Å². The highest BCUT2D eigenvalue weighted by molar-refractivity contribution is 7.90. The Morgan fingerprint density at radius 3 is 2.33 bits per heavy atom. The highest BCUT2D eigenvalue weighted by Gasteiger charge is 2.29. The minimum atomic E-state index is -3.22. The van der Waals surface area contributed by atoms with E-state index in [1.807, 2.05) is 6.92 Å². The van der Waals surface area contributed by atoms with Crippen molar-refractivity contribution in [3.8, 4) is 0 Å². The third kappa shape index (κ3) is 5.67. The number of hydrogen-bond acceptors (Lipinski definition) is 5. The van der Waals surface area contributed by atoms with Gasteiger partial charge in [0.05, 0.1) is 24.2 Å². The molecule has 1 aromatic carbocycles. The predicted molar refractivity (Wildman–Crippen MR) is 106 cm³/mol. The summed E-state index contributed by atoms with van der Waals surface area (Å²) in [5.41, 5.74) is 0.730. The first kappa shape index (κ1) is 21.7. The number of hydrogen-bond donors (Lipinski definition) is 1. The Morgan fingerprint density at radius 1 is 1.26 bits per heavy atom. The molecule has 1 saturated heterocycles. The number of amides is 2. The highest BCUT2D eigenvalue weighted by Crippen LogP contribution is 2.21. The van der Waals surface area contributed by atoms with E-state index in [4.69, 9.17) is 4.74 Å². The van der Waals surface area contributed by atoms with Crippen LogP contribution in [-0.4, -0.2) is 75.9 Å². The fraction of sp³-hybridized carbons (Fsp3) is 0.632. The number of sulfone groups is 1. The average molecular weight is 398 g/mol. The summed E-state index contributed by atoms with van der Waals surface area (Å²) in [5.74, 6) is 0. The first-order chi connectivity index (χ1) is 12.5. The van der Waals surface area contributed by atoms with E-state index in [0.29, 0.717) is 6.54 Å². The van der Waals surface area contributed by atoms with Crippen LogP contribution in [0, 0.1) is 0 Å². The lowest BCUT2D eigenvalue weighted by Crippen LogP contribution is -2.56. The Hall–Kier alpha value is -1.64. The largest absolute Gasteiger partial charge is 0.379 e. The van der Waals surface area contributed by atoms with Crippen molar-refractivity contribution in [2.45, 2.75) is 37.2 Å². The molecule has 0 saturated carbocycles. The second-order valence-corrected chi connectivity index (χ2v) is 9.71. The van der Waals surface area contributed by atoms with Gasteiger partial charge in [-0.25, -0.2) is 13.2 Å². The summed E-state index contributed by atoms with van der Waals surface area (Å²) in [4.78, 5) is 16.8. The molecule has 152 valence electrons. The van der Waals surface area contributed by atoms with Gasteiger partial charge in [0.25, 0.3) is 0 Å². The minimum absolute atomic E-state index is 0.152. The van der Waals surface area contributed by atoms with Crippen LogP contribution in [0.25, 0.3) is 0 Å². The van der Waals surface area contributed by atoms with Crippen LogP contribution < -0.4 is 5.32 Å². The zero-order valence-corrected chi connectivity index (χ0v) is 17.7. The number of urea groups is 1. The molecule has 0 unspecified atom stereocenters. The summed E-state index contributed by atoms with van der Waals surface area (Å²) in [5, 5.41) is 3.01. The van der Waals surface area contributed by atoms with Crippen molar-refractivity contribution in [2.75, 3.05) is 46.2 Å². The van der Waals surface area contributed by atoms with Gasteiger partial charge in [0.1, 0.15) is 0 Å². The van der Waals surface area contributed by atoms with Crippen LogP contribution in [0.4, 0.5) is 4.79 Å². The van der Waals surface area contributed by atoms with E-state index in [1.165, 1.54) is 6.26 Å². The number of nitrogens with one attached hydrogen (secondary N) is 1. The Bertz CT molecular complexity index is 741. The maximum absolute atomic E-state index is 12.6. The lowest BCUT2D eigenvalue weighted by Gasteiger charge is -2.41. The van der Waals surface area contributed by atoms with Crippen molar-refractivity contribution in [3.05, 3.63) is 29.8 Å². The molecule has 8 heteroatoms. The molecule has 1 aromatic rings. The molecule has 7 nitrogen and oxygen atoms in total. The SMILES string of the molecule is C[C@H](c1ccc(S(C)(=O)=O)cc1)N(C)C(=O)NCC(C)(C)N1CCOCC1. The van der Waals surface area contributed by atoms with Gasteiger partial charge in [-0.05, 0) is 38.5 Å². The highest BCUT2D eigenvalue weighted by atomic mass is 32.2. The Kier molecular flexibility index (Phi) is 6.88. The van der Waals surface area contributed by atoms with Gasteiger partial charge in [-0.15, -0.1) is 0 Å².